The van der Waals surface area contributed by atoms with Crippen LogP contribution in [0.4, 0.5) is 20.5 Å². The van der Waals surface area contributed by atoms with Crippen molar-refractivity contribution in [1.29, 1.82) is 0 Å². The Morgan fingerprint density at radius 1 is 0.951 bits per heavy atom. The van der Waals surface area contributed by atoms with E-state index in [4.69, 9.17) is 14.7 Å². The van der Waals surface area contributed by atoms with Crippen molar-refractivity contribution in [3.63, 3.8) is 0 Å². The Labute approximate surface area is 238 Å². The Morgan fingerprint density at radius 3 is 2.39 bits per heavy atom. The van der Waals surface area contributed by atoms with Gasteiger partial charge < -0.3 is 25.2 Å². The van der Waals surface area contributed by atoms with Gasteiger partial charge in [0.15, 0.2) is 5.82 Å². The average molecular weight is 569 g/mol. The first-order chi connectivity index (χ1) is 19.9. The molecule has 4 heterocycles. The van der Waals surface area contributed by atoms with Gasteiger partial charge in [0, 0.05) is 37.2 Å². The third-order valence-electron chi connectivity index (χ3n) is 8.52. The molecule has 1 saturated carbocycles. The van der Waals surface area contributed by atoms with Gasteiger partial charge in [0.25, 0.3) is 6.43 Å². The number of fused-ring (bicyclic) bond motifs is 1. The highest BCUT2D eigenvalue weighted by Crippen LogP contribution is 2.30. The number of halogens is 2. The molecule has 3 aliphatic rings. The Bertz CT molecular complexity index is 1350. The lowest BCUT2D eigenvalue weighted by molar-refractivity contribution is -0.127. The van der Waals surface area contributed by atoms with Crippen LogP contribution in [0.5, 0.6) is 0 Å². The number of hydrogen-bond acceptors (Lipinski definition) is 8. The Kier molecular flexibility index (Phi) is 8.29. The van der Waals surface area contributed by atoms with Crippen LogP contribution in [0.25, 0.3) is 16.9 Å². The van der Waals surface area contributed by atoms with Crippen molar-refractivity contribution in [3.05, 3.63) is 36.2 Å². The van der Waals surface area contributed by atoms with Gasteiger partial charge in [-0.1, -0.05) is 12.1 Å². The molecular formula is C29H38F2N8O2. The summed E-state index contributed by atoms with van der Waals surface area (Å²) in [5.74, 6) is 1.38. The molecule has 2 aromatic heterocycles. The molecule has 3 fully saturated rings. The molecule has 0 radical (unpaired) electrons. The summed E-state index contributed by atoms with van der Waals surface area (Å²) < 4.78 is 35.2. The first-order valence-corrected chi connectivity index (χ1v) is 14.7. The lowest BCUT2D eigenvalue weighted by atomic mass is 9.89. The summed E-state index contributed by atoms with van der Waals surface area (Å²) in [6.07, 6.45) is 2.58. The fourth-order valence-electron chi connectivity index (χ4n) is 6.13. The van der Waals surface area contributed by atoms with Crippen molar-refractivity contribution in [2.75, 3.05) is 56.7 Å². The minimum atomic E-state index is -2.76. The van der Waals surface area contributed by atoms with Gasteiger partial charge in [0.1, 0.15) is 11.6 Å². The number of para-hydroxylation sites is 2. The number of nitrogens with one attached hydrogen (secondary N) is 2. The molecule has 220 valence electrons. The number of ether oxygens (including phenoxy) is 1. The van der Waals surface area contributed by atoms with Crippen molar-refractivity contribution in [2.45, 2.75) is 57.0 Å². The van der Waals surface area contributed by atoms with E-state index in [-0.39, 0.29) is 29.7 Å². The molecule has 0 atom stereocenters. The van der Waals surface area contributed by atoms with E-state index in [1.807, 2.05) is 11.0 Å². The minimum absolute atomic E-state index is 0.109. The quantitative estimate of drug-likeness (QED) is 0.445. The topological polar surface area (TPSA) is 100 Å². The van der Waals surface area contributed by atoms with Gasteiger partial charge in [0.05, 0.1) is 24.2 Å². The lowest BCUT2D eigenvalue weighted by Crippen LogP contribution is -2.45. The minimum Gasteiger partial charge on any atom is -0.378 e. The van der Waals surface area contributed by atoms with Crippen LogP contribution in [0.1, 0.15) is 50.8 Å². The first kappa shape index (κ1) is 27.8. The normalized spacial score (nSPS) is 22.8. The third kappa shape index (κ3) is 6.28. The number of hydrogen-bond donors (Lipinski definition) is 2. The summed E-state index contributed by atoms with van der Waals surface area (Å²) in [6, 6.07) is 9.16. The number of carbonyl (C=O) groups is 1. The van der Waals surface area contributed by atoms with E-state index in [9.17, 15) is 13.6 Å². The molecule has 2 aliphatic heterocycles. The maximum absolute atomic E-state index is 14.1. The van der Waals surface area contributed by atoms with Gasteiger partial charge in [0.2, 0.25) is 11.9 Å². The summed E-state index contributed by atoms with van der Waals surface area (Å²) in [4.78, 5) is 30.9. The zero-order chi connectivity index (χ0) is 28.3. The van der Waals surface area contributed by atoms with Gasteiger partial charge in [-0.3, -0.25) is 9.36 Å². The van der Waals surface area contributed by atoms with E-state index in [1.165, 1.54) is 4.57 Å². The van der Waals surface area contributed by atoms with Gasteiger partial charge in [-0.2, -0.15) is 9.97 Å². The highest BCUT2D eigenvalue weighted by Gasteiger charge is 2.29. The van der Waals surface area contributed by atoms with E-state index in [2.05, 4.69) is 27.6 Å². The van der Waals surface area contributed by atoms with Crippen LogP contribution in [0, 0.1) is 5.92 Å². The summed E-state index contributed by atoms with van der Waals surface area (Å²) in [6.45, 7) is 4.29. The van der Waals surface area contributed by atoms with Crippen LogP contribution in [0.2, 0.25) is 0 Å². The zero-order valence-electron chi connectivity index (χ0n) is 23.4. The van der Waals surface area contributed by atoms with Crippen molar-refractivity contribution >= 4 is 28.7 Å². The molecule has 0 unspecified atom stereocenters. The molecule has 2 saturated heterocycles. The zero-order valence-corrected chi connectivity index (χ0v) is 23.4. The maximum atomic E-state index is 14.1. The molecular weight excluding hydrogens is 530 g/mol. The number of aromatic nitrogens is 4. The number of anilines is 2. The molecule has 1 amide bonds. The SMILES string of the molecule is CN1CCC(C(=O)N[C@H]2CC[C@H](Nc3cc(-n4c(C(F)F)nc5ccccc54)nc(N4CCOCC4)n3)CC2)CC1. The van der Waals surface area contributed by atoms with Gasteiger partial charge in [-0.25, -0.2) is 13.8 Å². The number of morpholine rings is 1. The summed E-state index contributed by atoms with van der Waals surface area (Å²) in [5.41, 5.74) is 1.06. The number of rotatable bonds is 7. The molecule has 1 aliphatic carbocycles. The Hall–Kier alpha value is -3.38. The lowest BCUT2D eigenvalue weighted by Gasteiger charge is -2.33. The number of imidazole rings is 1. The van der Waals surface area contributed by atoms with Crippen molar-refractivity contribution in [1.82, 2.24) is 29.7 Å². The smallest absolute Gasteiger partial charge is 0.296 e. The predicted octanol–water partition coefficient (Wildman–Crippen LogP) is 3.77. The molecule has 12 heteroatoms. The fourth-order valence-corrected chi connectivity index (χ4v) is 6.13. The fraction of sp³-hybridized carbons (Fsp3) is 0.586. The molecule has 0 spiro atoms. The average Bonchev–Trinajstić information content (AvgIpc) is 3.39. The highest BCUT2D eigenvalue weighted by molar-refractivity contribution is 5.79. The van der Waals surface area contributed by atoms with Crippen molar-refractivity contribution < 1.29 is 18.3 Å². The van der Waals surface area contributed by atoms with Crippen LogP contribution in [0.15, 0.2) is 30.3 Å². The van der Waals surface area contributed by atoms with Gasteiger partial charge in [-0.05, 0) is 70.8 Å². The molecule has 2 N–H and O–H groups in total. The van der Waals surface area contributed by atoms with Gasteiger partial charge in [-0.15, -0.1) is 0 Å². The Balaban J connectivity index is 1.20. The van der Waals surface area contributed by atoms with Crippen LogP contribution >= 0.6 is 0 Å². The van der Waals surface area contributed by atoms with Crippen LogP contribution < -0.4 is 15.5 Å². The van der Waals surface area contributed by atoms with Crippen LogP contribution in [-0.4, -0.2) is 88.9 Å². The largest absolute Gasteiger partial charge is 0.378 e. The van der Waals surface area contributed by atoms with Crippen LogP contribution in [-0.2, 0) is 9.53 Å². The standard InChI is InChI=1S/C29H38F2N8O2/c1-37-12-10-19(11-13-37)28(40)33-21-8-6-20(7-9-21)32-24-18-25(36-29(35-24)38-14-16-41-17-15-38)39-23-5-3-2-4-22(23)34-27(39)26(30)31/h2-5,18-21,26H,6-17H2,1H3,(H,33,40)(H,32,35,36)/t20-,21-. The summed E-state index contributed by atoms with van der Waals surface area (Å²) >= 11 is 0. The number of carbonyl (C=O) groups excluding carboxylic acids is 1. The molecule has 41 heavy (non-hydrogen) atoms. The number of nitrogens with zero attached hydrogens (tertiary/aromatic N) is 6. The molecule has 1 aromatic carbocycles. The monoisotopic (exact) mass is 568 g/mol. The van der Waals surface area contributed by atoms with E-state index in [0.717, 1.165) is 51.6 Å². The predicted molar refractivity (Wildman–Crippen MR) is 153 cm³/mol. The van der Waals surface area contributed by atoms with Crippen molar-refractivity contribution in [2.24, 2.45) is 5.92 Å². The molecule has 6 rings (SSSR count). The second-order valence-corrected chi connectivity index (χ2v) is 11.4. The van der Waals surface area contributed by atoms with E-state index >= 15 is 0 Å². The van der Waals surface area contributed by atoms with Crippen LogP contribution in [0.3, 0.4) is 0 Å². The second-order valence-electron chi connectivity index (χ2n) is 11.4. The molecule has 3 aromatic rings. The highest BCUT2D eigenvalue weighted by atomic mass is 19.3. The van der Waals surface area contributed by atoms with E-state index in [1.54, 1.807) is 24.3 Å². The summed E-state index contributed by atoms with van der Waals surface area (Å²) in [7, 11) is 2.10. The number of piperidine rings is 1. The number of amides is 1. The Morgan fingerprint density at radius 2 is 1.66 bits per heavy atom. The second kappa shape index (κ2) is 12.2. The van der Waals surface area contributed by atoms with Crippen molar-refractivity contribution in [3.8, 4) is 5.82 Å². The number of alkyl halides is 2. The maximum Gasteiger partial charge on any atom is 0.296 e. The molecule has 0 bridgehead atoms. The number of benzene rings is 1. The summed E-state index contributed by atoms with van der Waals surface area (Å²) in [5, 5.41) is 6.84. The van der Waals surface area contributed by atoms with E-state index < -0.39 is 6.43 Å². The molecule has 10 nitrogen and oxygen atoms in total. The first-order valence-electron chi connectivity index (χ1n) is 14.7. The van der Waals surface area contributed by atoms with E-state index in [0.29, 0.717) is 54.9 Å². The number of likely N-dealkylation sites (tertiary alicyclic amines) is 1. The van der Waals surface area contributed by atoms with Gasteiger partial charge >= 0.3 is 0 Å². The third-order valence-corrected chi connectivity index (χ3v) is 8.52.